The van der Waals surface area contributed by atoms with Crippen LogP contribution in [0.15, 0.2) is 18.3 Å². The monoisotopic (exact) mass is 262 g/mol. The van der Waals surface area contributed by atoms with Gasteiger partial charge in [0.2, 0.25) is 0 Å². The van der Waals surface area contributed by atoms with Crippen LogP contribution in [0.4, 0.5) is 5.82 Å². The first-order chi connectivity index (χ1) is 9.16. The molecule has 1 N–H and O–H groups in total. The number of likely N-dealkylation sites (tertiary alicyclic amines) is 1. The molecule has 0 spiro atoms. The minimum Gasteiger partial charge on any atom is -0.363 e. The number of hydrogen-bond donors (Lipinski definition) is 1. The second kappa shape index (κ2) is 6.52. The van der Waals surface area contributed by atoms with E-state index in [9.17, 15) is 4.79 Å². The predicted octanol–water partition coefficient (Wildman–Crippen LogP) is 0.973. The first kappa shape index (κ1) is 13.8. The molecule has 0 aromatic carbocycles. The van der Waals surface area contributed by atoms with Crippen LogP contribution in [0.25, 0.3) is 0 Å². The zero-order valence-corrected chi connectivity index (χ0v) is 11.7. The standard InChI is InChI=1S/C14H22N4O/c1-17(2)13-6-5-12(11-16-13)14(19)15-7-10-18-8-3-4-9-18/h5-6,11H,3-4,7-10H2,1-2H3,(H,15,19). The molecular weight excluding hydrogens is 240 g/mol. The van der Waals surface area contributed by atoms with Crippen molar-refractivity contribution in [1.82, 2.24) is 15.2 Å². The molecule has 104 valence electrons. The van der Waals surface area contributed by atoms with Gasteiger partial charge in [-0.05, 0) is 38.1 Å². The summed E-state index contributed by atoms with van der Waals surface area (Å²) in [6.07, 6.45) is 4.19. The van der Waals surface area contributed by atoms with Crippen LogP contribution in [0.2, 0.25) is 0 Å². The van der Waals surface area contributed by atoms with Gasteiger partial charge in [-0.2, -0.15) is 0 Å². The Morgan fingerprint density at radius 2 is 2.11 bits per heavy atom. The van der Waals surface area contributed by atoms with E-state index in [1.807, 2.05) is 31.1 Å². The summed E-state index contributed by atoms with van der Waals surface area (Å²) in [5.41, 5.74) is 0.618. The number of nitrogens with zero attached hydrogens (tertiary/aromatic N) is 3. The molecule has 0 unspecified atom stereocenters. The first-order valence-electron chi connectivity index (χ1n) is 6.81. The lowest BCUT2D eigenvalue weighted by Crippen LogP contribution is -2.33. The van der Waals surface area contributed by atoms with Gasteiger partial charge in [-0.3, -0.25) is 4.79 Å². The SMILES string of the molecule is CN(C)c1ccc(C(=O)NCCN2CCCC2)cn1. The lowest BCUT2D eigenvalue weighted by atomic mass is 10.2. The van der Waals surface area contributed by atoms with Crippen LogP contribution >= 0.6 is 0 Å². The molecule has 1 aliphatic rings. The van der Waals surface area contributed by atoms with Crippen molar-refractivity contribution in [2.24, 2.45) is 0 Å². The number of rotatable bonds is 5. The zero-order chi connectivity index (χ0) is 13.7. The van der Waals surface area contributed by atoms with E-state index < -0.39 is 0 Å². The third-order valence-corrected chi connectivity index (χ3v) is 3.38. The Hall–Kier alpha value is -1.62. The van der Waals surface area contributed by atoms with Crippen molar-refractivity contribution in [3.8, 4) is 0 Å². The van der Waals surface area contributed by atoms with Crippen molar-refractivity contribution in [2.45, 2.75) is 12.8 Å². The molecule has 2 heterocycles. The van der Waals surface area contributed by atoms with E-state index in [0.29, 0.717) is 12.1 Å². The van der Waals surface area contributed by atoms with Gasteiger partial charge in [0.1, 0.15) is 5.82 Å². The van der Waals surface area contributed by atoms with Crippen molar-refractivity contribution in [3.05, 3.63) is 23.9 Å². The maximum absolute atomic E-state index is 11.9. The highest BCUT2D eigenvalue weighted by atomic mass is 16.1. The van der Waals surface area contributed by atoms with Gasteiger partial charge < -0.3 is 15.1 Å². The Morgan fingerprint density at radius 3 is 2.68 bits per heavy atom. The number of amides is 1. The average Bonchev–Trinajstić information content (AvgIpc) is 2.92. The number of hydrogen-bond acceptors (Lipinski definition) is 4. The lowest BCUT2D eigenvalue weighted by Gasteiger charge is -2.15. The maximum Gasteiger partial charge on any atom is 0.252 e. The topological polar surface area (TPSA) is 48.5 Å². The molecule has 1 amide bonds. The Bertz CT molecular complexity index is 410. The minimum atomic E-state index is -0.0444. The summed E-state index contributed by atoms with van der Waals surface area (Å²) in [5, 5.41) is 2.94. The van der Waals surface area contributed by atoms with E-state index in [1.54, 1.807) is 6.20 Å². The van der Waals surface area contributed by atoms with E-state index in [2.05, 4.69) is 15.2 Å². The van der Waals surface area contributed by atoms with Gasteiger partial charge in [-0.25, -0.2) is 4.98 Å². The van der Waals surface area contributed by atoms with Gasteiger partial charge in [-0.15, -0.1) is 0 Å². The smallest absolute Gasteiger partial charge is 0.252 e. The van der Waals surface area contributed by atoms with Crippen LogP contribution in [-0.2, 0) is 0 Å². The maximum atomic E-state index is 11.9. The molecule has 1 fully saturated rings. The van der Waals surface area contributed by atoms with Crippen molar-refractivity contribution in [1.29, 1.82) is 0 Å². The molecule has 0 radical (unpaired) electrons. The molecule has 0 aliphatic carbocycles. The van der Waals surface area contributed by atoms with Gasteiger partial charge in [0.05, 0.1) is 5.56 Å². The summed E-state index contributed by atoms with van der Waals surface area (Å²) in [6.45, 7) is 3.97. The lowest BCUT2D eigenvalue weighted by molar-refractivity contribution is 0.0949. The molecule has 1 aromatic heterocycles. The molecule has 0 saturated carbocycles. The molecule has 0 bridgehead atoms. The van der Waals surface area contributed by atoms with Gasteiger partial charge in [0, 0.05) is 33.4 Å². The van der Waals surface area contributed by atoms with E-state index >= 15 is 0 Å². The molecular formula is C14H22N4O. The molecule has 1 saturated heterocycles. The van der Waals surface area contributed by atoms with Gasteiger partial charge in [-0.1, -0.05) is 0 Å². The first-order valence-corrected chi connectivity index (χ1v) is 6.81. The molecule has 5 nitrogen and oxygen atoms in total. The summed E-state index contributed by atoms with van der Waals surface area (Å²) >= 11 is 0. The Labute approximate surface area is 114 Å². The minimum absolute atomic E-state index is 0.0444. The van der Waals surface area contributed by atoms with Crippen molar-refractivity contribution >= 4 is 11.7 Å². The number of aromatic nitrogens is 1. The second-order valence-electron chi connectivity index (χ2n) is 5.10. The third kappa shape index (κ3) is 3.92. The van der Waals surface area contributed by atoms with Crippen LogP contribution in [0.1, 0.15) is 23.2 Å². The highest BCUT2D eigenvalue weighted by Gasteiger charge is 2.11. The molecule has 0 atom stereocenters. The molecule has 5 heteroatoms. The number of carbonyl (C=O) groups excluding carboxylic acids is 1. The normalized spacial score (nSPS) is 15.5. The van der Waals surface area contributed by atoms with Gasteiger partial charge in [0.15, 0.2) is 0 Å². The number of anilines is 1. The van der Waals surface area contributed by atoms with Crippen molar-refractivity contribution < 1.29 is 4.79 Å². The summed E-state index contributed by atoms with van der Waals surface area (Å²) in [5.74, 6) is 0.811. The number of carbonyl (C=O) groups is 1. The molecule has 19 heavy (non-hydrogen) atoms. The van der Waals surface area contributed by atoms with Gasteiger partial charge in [0.25, 0.3) is 5.91 Å². The highest BCUT2D eigenvalue weighted by Crippen LogP contribution is 2.08. The van der Waals surface area contributed by atoms with E-state index in [1.165, 1.54) is 12.8 Å². The average molecular weight is 262 g/mol. The Morgan fingerprint density at radius 1 is 1.37 bits per heavy atom. The van der Waals surface area contributed by atoms with Crippen LogP contribution in [0.5, 0.6) is 0 Å². The van der Waals surface area contributed by atoms with Crippen molar-refractivity contribution in [2.75, 3.05) is 45.2 Å². The quantitative estimate of drug-likeness (QED) is 0.859. The summed E-state index contributed by atoms with van der Waals surface area (Å²) < 4.78 is 0. The third-order valence-electron chi connectivity index (χ3n) is 3.38. The van der Waals surface area contributed by atoms with E-state index in [-0.39, 0.29) is 5.91 Å². The fourth-order valence-electron chi connectivity index (χ4n) is 2.22. The zero-order valence-electron chi connectivity index (χ0n) is 11.7. The Kier molecular flexibility index (Phi) is 4.74. The van der Waals surface area contributed by atoms with Crippen LogP contribution in [0.3, 0.4) is 0 Å². The molecule has 2 rings (SSSR count). The largest absolute Gasteiger partial charge is 0.363 e. The molecule has 1 aliphatic heterocycles. The molecule has 1 aromatic rings. The number of pyridine rings is 1. The van der Waals surface area contributed by atoms with Gasteiger partial charge >= 0.3 is 0 Å². The fourth-order valence-corrected chi connectivity index (χ4v) is 2.22. The summed E-state index contributed by atoms with van der Waals surface area (Å²) in [4.78, 5) is 20.5. The van der Waals surface area contributed by atoms with E-state index in [4.69, 9.17) is 0 Å². The second-order valence-corrected chi connectivity index (χ2v) is 5.10. The fraction of sp³-hybridized carbons (Fsp3) is 0.571. The van der Waals surface area contributed by atoms with Crippen LogP contribution in [-0.4, -0.2) is 56.1 Å². The Balaban J connectivity index is 1.78. The summed E-state index contributed by atoms with van der Waals surface area (Å²) in [7, 11) is 3.86. The highest BCUT2D eigenvalue weighted by molar-refractivity contribution is 5.94. The van der Waals surface area contributed by atoms with E-state index in [0.717, 1.165) is 25.5 Å². The van der Waals surface area contributed by atoms with Crippen molar-refractivity contribution in [3.63, 3.8) is 0 Å². The predicted molar refractivity (Wildman–Crippen MR) is 76.6 cm³/mol. The summed E-state index contributed by atoms with van der Waals surface area (Å²) in [6, 6.07) is 3.67. The van der Waals surface area contributed by atoms with Crippen LogP contribution in [0, 0.1) is 0 Å². The van der Waals surface area contributed by atoms with Crippen LogP contribution < -0.4 is 10.2 Å². The number of nitrogens with one attached hydrogen (secondary N) is 1.